The fraction of sp³-hybridized carbons (Fsp3) is 0.611. The lowest BCUT2D eigenvalue weighted by Gasteiger charge is -2.35. The van der Waals surface area contributed by atoms with Gasteiger partial charge in [0, 0.05) is 32.7 Å². The molecule has 2 aliphatic rings. The zero-order valence-electron chi connectivity index (χ0n) is 14.1. The predicted molar refractivity (Wildman–Crippen MR) is 91.7 cm³/mol. The van der Waals surface area contributed by atoms with Gasteiger partial charge in [-0.3, -0.25) is 14.6 Å². The normalized spacial score (nSPS) is 20.9. The summed E-state index contributed by atoms with van der Waals surface area (Å²) < 4.78 is 5.91. The van der Waals surface area contributed by atoms with Gasteiger partial charge in [0.1, 0.15) is 0 Å². The monoisotopic (exact) mass is 333 g/mol. The standard InChI is InChI=1S/C18H27N3O3/c19-18(23)12-21-7-5-20(6-8-21)11-16(22)13-24-17-9-14-3-1-2-4-15(14)10-17/h1-4,16-17,22H,5-13H2,(H2,19,23). The number of benzene rings is 1. The lowest BCUT2D eigenvalue weighted by Crippen LogP contribution is -2.50. The van der Waals surface area contributed by atoms with Crippen LogP contribution in [0.25, 0.3) is 0 Å². The maximum atomic E-state index is 10.9. The molecule has 1 aliphatic heterocycles. The van der Waals surface area contributed by atoms with Crippen LogP contribution in [0.1, 0.15) is 11.1 Å². The molecule has 24 heavy (non-hydrogen) atoms. The molecule has 1 unspecified atom stereocenters. The van der Waals surface area contributed by atoms with Gasteiger partial charge in [-0.15, -0.1) is 0 Å². The first-order chi connectivity index (χ1) is 11.6. The molecule has 1 saturated heterocycles. The largest absolute Gasteiger partial charge is 0.389 e. The van der Waals surface area contributed by atoms with E-state index in [0.29, 0.717) is 19.7 Å². The van der Waals surface area contributed by atoms with Gasteiger partial charge in [0.05, 0.1) is 25.4 Å². The number of aliphatic hydroxyl groups is 1. The summed E-state index contributed by atoms with van der Waals surface area (Å²) in [7, 11) is 0. The van der Waals surface area contributed by atoms with E-state index in [1.54, 1.807) is 0 Å². The molecule has 1 aromatic rings. The van der Waals surface area contributed by atoms with Gasteiger partial charge in [0.15, 0.2) is 0 Å². The number of nitrogens with two attached hydrogens (primary N) is 1. The van der Waals surface area contributed by atoms with Crippen LogP contribution in [0.4, 0.5) is 0 Å². The third-order valence-electron chi connectivity index (χ3n) is 4.85. The van der Waals surface area contributed by atoms with Crippen molar-refractivity contribution in [3.8, 4) is 0 Å². The van der Waals surface area contributed by atoms with Crippen molar-refractivity contribution in [3.63, 3.8) is 0 Å². The Morgan fingerprint density at radius 2 is 1.75 bits per heavy atom. The molecular weight excluding hydrogens is 306 g/mol. The smallest absolute Gasteiger partial charge is 0.231 e. The maximum Gasteiger partial charge on any atom is 0.231 e. The van der Waals surface area contributed by atoms with Gasteiger partial charge in [-0.2, -0.15) is 0 Å². The van der Waals surface area contributed by atoms with E-state index in [1.165, 1.54) is 11.1 Å². The Bertz CT molecular complexity index is 533. The Kier molecular flexibility index (Phi) is 5.84. The number of hydrogen-bond donors (Lipinski definition) is 2. The van der Waals surface area contributed by atoms with Crippen molar-refractivity contribution in [3.05, 3.63) is 35.4 Å². The lowest BCUT2D eigenvalue weighted by molar-refractivity contribution is -0.119. The van der Waals surface area contributed by atoms with Crippen LogP contribution in [-0.4, -0.2) is 78.9 Å². The molecule has 0 spiro atoms. The number of β-amino-alcohol motifs (C(OH)–C–C–N with tert-alkyl or cyclic N) is 1. The van der Waals surface area contributed by atoms with Crippen LogP contribution in [0.15, 0.2) is 24.3 Å². The van der Waals surface area contributed by atoms with Crippen LogP contribution in [0.3, 0.4) is 0 Å². The molecule has 0 aromatic heterocycles. The Hall–Kier alpha value is -1.47. The molecule has 3 rings (SSSR count). The van der Waals surface area contributed by atoms with Crippen LogP contribution in [-0.2, 0) is 22.4 Å². The number of hydrogen-bond acceptors (Lipinski definition) is 5. The first-order valence-electron chi connectivity index (χ1n) is 8.69. The quantitative estimate of drug-likeness (QED) is 0.712. The molecule has 1 fully saturated rings. The summed E-state index contributed by atoms with van der Waals surface area (Å²) in [6.45, 7) is 4.63. The van der Waals surface area contributed by atoms with Crippen LogP contribution in [0.5, 0.6) is 0 Å². The Balaban J connectivity index is 1.34. The SMILES string of the molecule is NC(=O)CN1CCN(CC(O)COC2Cc3ccccc3C2)CC1. The molecular formula is C18H27N3O3. The molecule has 1 aliphatic carbocycles. The number of carbonyl (C=O) groups excluding carboxylic acids is 1. The molecule has 0 radical (unpaired) electrons. The van der Waals surface area contributed by atoms with E-state index >= 15 is 0 Å². The van der Waals surface area contributed by atoms with Crippen molar-refractivity contribution in [2.45, 2.75) is 25.0 Å². The lowest BCUT2D eigenvalue weighted by atomic mass is 10.1. The van der Waals surface area contributed by atoms with Crippen LogP contribution in [0, 0.1) is 0 Å². The zero-order valence-corrected chi connectivity index (χ0v) is 14.1. The van der Waals surface area contributed by atoms with Crippen molar-refractivity contribution in [2.24, 2.45) is 5.73 Å². The molecule has 1 amide bonds. The molecule has 1 heterocycles. The minimum atomic E-state index is -0.476. The Morgan fingerprint density at radius 3 is 2.33 bits per heavy atom. The fourth-order valence-corrected chi connectivity index (χ4v) is 3.58. The molecule has 1 aromatic carbocycles. The van der Waals surface area contributed by atoms with E-state index in [4.69, 9.17) is 10.5 Å². The second-order valence-corrected chi connectivity index (χ2v) is 6.83. The predicted octanol–water partition coefficient (Wildman–Crippen LogP) is -0.366. The maximum absolute atomic E-state index is 10.9. The van der Waals surface area contributed by atoms with Gasteiger partial charge in [0.2, 0.25) is 5.91 Å². The van der Waals surface area contributed by atoms with Crippen LogP contribution < -0.4 is 5.73 Å². The number of aliphatic hydroxyl groups excluding tert-OH is 1. The van der Waals surface area contributed by atoms with Gasteiger partial charge in [-0.25, -0.2) is 0 Å². The highest BCUT2D eigenvalue weighted by Gasteiger charge is 2.24. The molecule has 6 nitrogen and oxygen atoms in total. The van der Waals surface area contributed by atoms with E-state index in [0.717, 1.165) is 39.0 Å². The van der Waals surface area contributed by atoms with Gasteiger partial charge in [0.25, 0.3) is 0 Å². The summed E-state index contributed by atoms with van der Waals surface area (Å²) in [6.07, 6.45) is 1.59. The van der Waals surface area contributed by atoms with Crippen LogP contribution >= 0.6 is 0 Å². The van der Waals surface area contributed by atoms with Gasteiger partial charge in [-0.05, 0) is 24.0 Å². The van der Waals surface area contributed by atoms with E-state index in [1.807, 2.05) is 0 Å². The van der Waals surface area contributed by atoms with E-state index < -0.39 is 6.10 Å². The van der Waals surface area contributed by atoms with Gasteiger partial charge >= 0.3 is 0 Å². The van der Waals surface area contributed by atoms with Crippen molar-refractivity contribution in [1.82, 2.24) is 9.80 Å². The van der Waals surface area contributed by atoms with Crippen molar-refractivity contribution in [1.29, 1.82) is 0 Å². The second kappa shape index (κ2) is 8.07. The molecule has 6 heteroatoms. The Morgan fingerprint density at radius 1 is 1.17 bits per heavy atom. The molecule has 0 saturated carbocycles. The third kappa shape index (κ3) is 4.77. The van der Waals surface area contributed by atoms with Gasteiger partial charge < -0.3 is 15.6 Å². The van der Waals surface area contributed by atoms with Crippen molar-refractivity contribution >= 4 is 5.91 Å². The first-order valence-corrected chi connectivity index (χ1v) is 8.69. The number of nitrogens with zero attached hydrogens (tertiary/aromatic N) is 2. The summed E-state index contributed by atoms with van der Waals surface area (Å²) in [6, 6.07) is 8.43. The average Bonchev–Trinajstić information content (AvgIpc) is 2.97. The number of piperazine rings is 1. The Labute approximate surface area is 143 Å². The van der Waals surface area contributed by atoms with E-state index in [2.05, 4.69) is 34.1 Å². The number of ether oxygens (including phenoxy) is 1. The minimum Gasteiger partial charge on any atom is -0.389 e. The molecule has 132 valence electrons. The third-order valence-corrected chi connectivity index (χ3v) is 4.85. The minimum absolute atomic E-state index is 0.185. The fourth-order valence-electron chi connectivity index (χ4n) is 3.58. The van der Waals surface area contributed by atoms with Crippen molar-refractivity contribution in [2.75, 3.05) is 45.9 Å². The number of primary amides is 1. The highest BCUT2D eigenvalue weighted by Crippen LogP contribution is 2.23. The summed E-state index contributed by atoms with van der Waals surface area (Å²) >= 11 is 0. The highest BCUT2D eigenvalue weighted by molar-refractivity contribution is 5.75. The zero-order chi connectivity index (χ0) is 16.9. The molecule has 1 atom stereocenters. The summed E-state index contributed by atoms with van der Waals surface area (Å²) in [5.41, 5.74) is 7.95. The van der Waals surface area contributed by atoms with Crippen molar-refractivity contribution < 1.29 is 14.6 Å². The van der Waals surface area contributed by atoms with Crippen LogP contribution in [0.2, 0.25) is 0 Å². The second-order valence-electron chi connectivity index (χ2n) is 6.83. The average molecular weight is 333 g/mol. The number of fused-ring (bicyclic) bond motifs is 1. The summed E-state index contributed by atoms with van der Waals surface area (Å²) in [5.74, 6) is -0.283. The summed E-state index contributed by atoms with van der Waals surface area (Å²) in [4.78, 5) is 15.2. The summed E-state index contributed by atoms with van der Waals surface area (Å²) in [5, 5.41) is 10.2. The first kappa shape index (κ1) is 17.4. The van der Waals surface area contributed by atoms with E-state index in [-0.39, 0.29) is 12.0 Å². The number of amides is 1. The highest BCUT2D eigenvalue weighted by atomic mass is 16.5. The van der Waals surface area contributed by atoms with E-state index in [9.17, 15) is 9.90 Å². The molecule has 0 bridgehead atoms. The molecule has 3 N–H and O–H groups in total. The van der Waals surface area contributed by atoms with Gasteiger partial charge in [-0.1, -0.05) is 24.3 Å². The number of carbonyl (C=O) groups is 1. The number of rotatable bonds is 7. The topological polar surface area (TPSA) is 79.0 Å².